The van der Waals surface area contributed by atoms with Crippen molar-refractivity contribution in [2.75, 3.05) is 4.31 Å². The number of hydrogen-bond acceptors (Lipinski definition) is 6. The van der Waals surface area contributed by atoms with Crippen LogP contribution < -0.4 is 4.31 Å². The zero-order valence-corrected chi connectivity index (χ0v) is 16.0. The van der Waals surface area contributed by atoms with Crippen molar-refractivity contribution in [2.45, 2.75) is 17.9 Å². The van der Waals surface area contributed by atoms with Crippen molar-refractivity contribution >= 4 is 17.6 Å². The van der Waals surface area contributed by atoms with Gasteiger partial charge in [0.05, 0.1) is 6.54 Å². The topological polar surface area (TPSA) is 55.1 Å². The van der Waals surface area contributed by atoms with E-state index in [1.54, 1.807) is 30.3 Å². The standard InChI is InChI=1S/C21H16F2N4OS/c22-19(23)21-26-25-20(28-21)16-10-8-15(9-11-16)14-27(17-5-2-1-3-6-17)29-18-7-4-12-24-13-18/h1-13,19H,14H2. The summed E-state index contributed by atoms with van der Waals surface area (Å²) in [4.78, 5) is 5.20. The first kappa shape index (κ1) is 19.1. The van der Waals surface area contributed by atoms with Gasteiger partial charge in [0.1, 0.15) is 0 Å². The summed E-state index contributed by atoms with van der Waals surface area (Å²) in [7, 11) is 0. The van der Waals surface area contributed by atoms with E-state index in [-0.39, 0.29) is 5.89 Å². The average molecular weight is 410 g/mol. The van der Waals surface area contributed by atoms with Gasteiger partial charge in [0.15, 0.2) is 0 Å². The van der Waals surface area contributed by atoms with Gasteiger partial charge in [0.25, 0.3) is 5.89 Å². The second-order valence-electron chi connectivity index (χ2n) is 6.10. The molecule has 2 aromatic carbocycles. The van der Waals surface area contributed by atoms with Gasteiger partial charge >= 0.3 is 6.43 Å². The smallest absolute Gasteiger partial charge is 0.314 e. The Morgan fingerprint density at radius 2 is 1.72 bits per heavy atom. The fraction of sp³-hybridized carbons (Fsp3) is 0.0952. The van der Waals surface area contributed by atoms with Gasteiger partial charge in [0.2, 0.25) is 5.89 Å². The Morgan fingerprint density at radius 1 is 0.931 bits per heavy atom. The number of anilines is 1. The maximum absolute atomic E-state index is 12.6. The van der Waals surface area contributed by atoms with E-state index >= 15 is 0 Å². The van der Waals surface area contributed by atoms with Gasteiger partial charge in [-0.25, -0.2) is 0 Å². The molecule has 0 aliphatic rings. The summed E-state index contributed by atoms with van der Waals surface area (Å²) in [5, 5.41) is 7.05. The lowest BCUT2D eigenvalue weighted by molar-refractivity contribution is 0.116. The van der Waals surface area contributed by atoms with Gasteiger partial charge in [-0.15, -0.1) is 10.2 Å². The Kier molecular flexibility index (Phi) is 5.81. The summed E-state index contributed by atoms with van der Waals surface area (Å²) in [6.07, 6.45) is 0.784. The minimum Gasteiger partial charge on any atom is -0.415 e. The van der Waals surface area contributed by atoms with E-state index in [0.717, 1.165) is 16.1 Å². The van der Waals surface area contributed by atoms with Crippen molar-refractivity contribution in [3.05, 3.63) is 90.6 Å². The molecule has 0 unspecified atom stereocenters. The molecule has 4 aromatic rings. The van der Waals surface area contributed by atoms with Gasteiger partial charge in [-0.2, -0.15) is 8.78 Å². The SMILES string of the molecule is FC(F)c1nnc(-c2ccc(CN(Sc3cccnc3)c3ccccc3)cc2)o1. The third-order valence-corrected chi connectivity index (χ3v) is 5.06. The molecule has 5 nitrogen and oxygen atoms in total. The Hall–Kier alpha value is -3.26. The lowest BCUT2D eigenvalue weighted by Crippen LogP contribution is -2.13. The molecule has 2 heterocycles. The van der Waals surface area contributed by atoms with E-state index in [0.29, 0.717) is 12.1 Å². The summed E-state index contributed by atoms with van der Waals surface area (Å²) in [5.74, 6) is -0.594. The molecule has 0 fully saturated rings. The lowest BCUT2D eigenvalue weighted by atomic mass is 10.1. The average Bonchev–Trinajstić information content (AvgIpc) is 3.26. The quantitative estimate of drug-likeness (QED) is 0.360. The number of nitrogens with zero attached hydrogens (tertiary/aromatic N) is 4. The predicted octanol–water partition coefficient (Wildman–Crippen LogP) is 5.78. The molecule has 0 saturated carbocycles. The fourth-order valence-electron chi connectivity index (χ4n) is 2.66. The second-order valence-corrected chi connectivity index (χ2v) is 7.19. The molecule has 0 bridgehead atoms. The molecular formula is C21H16F2N4OS. The third kappa shape index (κ3) is 4.78. The molecule has 0 saturated heterocycles. The monoisotopic (exact) mass is 410 g/mol. The van der Waals surface area contributed by atoms with Crippen LogP contribution in [0.25, 0.3) is 11.5 Å². The van der Waals surface area contributed by atoms with Crippen LogP contribution in [0.3, 0.4) is 0 Å². The normalized spacial score (nSPS) is 11.0. The summed E-state index contributed by atoms with van der Waals surface area (Å²) in [6, 6.07) is 21.4. The molecule has 2 aromatic heterocycles. The maximum Gasteiger partial charge on any atom is 0.314 e. The van der Waals surface area contributed by atoms with E-state index in [9.17, 15) is 8.78 Å². The van der Waals surface area contributed by atoms with Crippen LogP contribution in [0, 0.1) is 0 Å². The Balaban J connectivity index is 1.54. The Labute approximate surface area is 170 Å². The van der Waals surface area contributed by atoms with E-state index in [4.69, 9.17) is 4.42 Å². The number of pyridine rings is 1. The molecule has 4 rings (SSSR count). The van der Waals surface area contributed by atoms with Crippen LogP contribution in [-0.4, -0.2) is 15.2 Å². The number of para-hydroxylation sites is 1. The number of halogens is 2. The molecule has 29 heavy (non-hydrogen) atoms. The molecule has 0 radical (unpaired) electrons. The van der Waals surface area contributed by atoms with Crippen molar-refractivity contribution in [3.63, 3.8) is 0 Å². The number of aromatic nitrogens is 3. The number of rotatable bonds is 7. The minimum absolute atomic E-state index is 0.0801. The minimum atomic E-state index is -2.78. The zero-order valence-electron chi connectivity index (χ0n) is 15.2. The van der Waals surface area contributed by atoms with Gasteiger partial charge < -0.3 is 8.72 Å². The predicted molar refractivity (Wildman–Crippen MR) is 107 cm³/mol. The number of alkyl halides is 2. The summed E-state index contributed by atoms with van der Waals surface area (Å²) in [6.45, 7) is 0.635. The van der Waals surface area contributed by atoms with Crippen LogP contribution in [0.1, 0.15) is 17.9 Å². The van der Waals surface area contributed by atoms with Crippen LogP contribution in [-0.2, 0) is 6.54 Å². The highest BCUT2D eigenvalue weighted by atomic mass is 32.2. The lowest BCUT2D eigenvalue weighted by Gasteiger charge is -2.23. The van der Waals surface area contributed by atoms with Gasteiger partial charge in [-0.05, 0) is 53.9 Å². The molecule has 146 valence electrons. The van der Waals surface area contributed by atoms with Crippen LogP contribution in [0.5, 0.6) is 0 Å². The molecule has 0 atom stereocenters. The van der Waals surface area contributed by atoms with Crippen molar-refractivity contribution in [3.8, 4) is 11.5 Å². The molecular weight excluding hydrogens is 394 g/mol. The first-order chi connectivity index (χ1) is 14.2. The first-order valence-corrected chi connectivity index (χ1v) is 9.58. The van der Waals surface area contributed by atoms with Crippen LogP contribution in [0.4, 0.5) is 14.5 Å². The Morgan fingerprint density at radius 3 is 2.38 bits per heavy atom. The summed E-state index contributed by atoms with van der Waals surface area (Å²) in [5.41, 5.74) is 2.70. The highest BCUT2D eigenvalue weighted by Crippen LogP contribution is 2.31. The van der Waals surface area contributed by atoms with Gasteiger partial charge in [0, 0.05) is 28.5 Å². The van der Waals surface area contributed by atoms with E-state index in [1.807, 2.05) is 60.8 Å². The summed E-state index contributed by atoms with van der Waals surface area (Å²) < 4.78 is 32.4. The maximum atomic E-state index is 12.6. The molecule has 0 amide bonds. The number of benzene rings is 2. The van der Waals surface area contributed by atoms with Gasteiger partial charge in [-0.1, -0.05) is 30.3 Å². The fourth-order valence-corrected chi connectivity index (χ4v) is 3.60. The molecule has 0 spiro atoms. The number of hydrogen-bond donors (Lipinski definition) is 0. The second kappa shape index (κ2) is 8.83. The third-order valence-electron chi connectivity index (χ3n) is 4.05. The molecule has 0 aliphatic carbocycles. The van der Waals surface area contributed by atoms with Crippen LogP contribution in [0.15, 0.2) is 88.4 Å². The van der Waals surface area contributed by atoms with E-state index < -0.39 is 12.3 Å². The highest BCUT2D eigenvalue weighted by molar-refractivity contribution is 8.00. The van der Waals surface area contributed by atoms with Crippen molar-refractivity contribution in [1.29, 1.82) is 0 Å². The van der Waals surface area contributed by atoms with Gasteiger partial charge in [-0.3, -0.25) is 4.98 Å². The van der Waals surface area contributed by atoms with E-state index in [2.05, 4.69) is 19.5 Å². The van der Waals surface area contributed by atoms with E-state index in [1.165, 1.54) is 0 Å². The first-order valence-electron chi connectivity index (χ1n) is 8.80. The highest BCUT2D eigenvalue weighted by Gasteiger charge is 2.17. The van der Waals surface area contributed by atoms with Crippen molar-refractivity contribution in [2.24, 2.45) is 0 Å². The zero-order chi connectivity index (χ0) is 20.1. The van der Waals surface area contributed by atoms with Crippen LogP contribution in [0.2, 0.25) is 0 Å². The summed E-state index contributed by atoms with van der Waals surface area (Å²) >= 11 is 1.59. The largest absolute Gasteiger partial charge is 0.415 e. The van der Waals surface area contributed by atoms with Crippen molar-refractivity contribution in [1.82, 2.24) is 15.2 Å². The molecule has 0 N–H and O–H groups in total. The van der Waals surface area contributed by atoms with Crippen LogP contribution >= 0.6 is 11.9 Å². The Bertz CT molecular complexity index is 1040. The molecule has 8 heteroatoms. The van der Waals surface area contributed by atoms with Crippen molar-refractivity contribution < 1.29 is 13.2 Å². The molecule has 0 aliphatic heterocycles.